The molecule has 19 heavy (non-hydrogen) atoms. The third-order valence-electron chi connectivity index (χ3n) is 3.50. The van der Waals surface area contributed by atoms with E-state index in [-0.39, 0.29) is 0 Å². The summed E-state index contributed by atoms with van der Waals surface area (Å²) in [6, 6.07) is 0.511. The second-order valence-corrected chi connectivity index (χ2v) is 4.92. The molecule has 1 aromatic heterocycles. The fraction of sp³-hybridized carbons (Fsp3) is 0.538. The van der Waals surface area contributed by atoms with Crippen molar-refractivity contribution in [2.24, 2.45) is 0 Å². The fourth-order valence-electron chi connectivity index (χ4n) is 2.35. The highest BCUT2D eigenvalue weighted by molar-refractivity contribution is 5.71. The molecule has 2 heterocycles. The zero-order valence-corrected chi connectivity index (χ0v) is 10.9. The van der Waals surface area contributed by atoms with Crippen LogP contribution < -0.4 is 5.43 Å². The molecule has 1 fully saturated rings. The molecule has 0 spiro atoms. The maximum Gasteiger partial charge on any atom is 0.326 e. The van der Waals surface area contributed by atoms with Crippen molar-refractivity contribution in [2.45, 2.75) is 32.4 Å². The summed E-state index contributed by atoms with van der Waals surface area (Å²) < 4.78 is 1.46. The van der Waals surface area contributed by atoms with Crippen LogP contribution in [0.5, 0.6) is 5.75 Å². The zero-order valence-electron chi connectivity index (χ0n) is 10.9. The van der Waals surface area contributed by atoms with E-state index < -0.39 is 23.2 Å². The average Bonchev–Trinajstić information content (AvgIpc) is 2.85. The Kier molecular flexibility index (Phi) is 3.90. The Bertz CT molecular complexity index is 532. The smallest absolute Gasteiger partial charge is 0.326 e. The van der Waals surface area contributed by atoms with Crippen LogP contribution in [0.4, 0.5) is 0 Å². The van der Waals surface area contributed by atoms with Crippen molar-refractivity contribution < 1.29 is 15.0 Å². The van der Waals surface area contributed by atoms with Crippen LogP contribution in [0.3, 0.4) is 0 Å². The van der Waals surface area contributed by atoms with Crippen molar-refractivity contribution in [1.82, 2.24) is 9.47 Å². The molecule has 1 saturated heterocycles. The third kappa shape index (κ3) is 2.96. The maximum atomic E-state index is 11.5. The highest BCUT2D eigenvalue weighted by atomic mass is 16.4. The van der Waals surface area contributed by atoms with Gasteiger partial charge in [-0.3, -0.25) is 9.69 Å². The average molecular weight is 266 g/mol. The number of carboxylic acid groups (broad SMARTS) is 1. The van der Waals surface area contributed by atoms with Gasteiger partial charge in [-0.25, -0.2) is 4.79 Å². The third-order valence-corrected chi connectivity index (χ3v) is 3.50. The number of aromatic nitrogens is 1. The van der Waals surface area contributed by atoms with Crippen LogP contribution in [-0.4, -0.2) is 38.7 Å². The van der Waals surface area contributed by atoms with Gasteiger partial charge >= 0.3 is 5.97 Å². The van der Waals surface area contributed by atoms with Crippen molar-refractivity contribution in [3.8, 4) is 5.75 Å². The van der Waals surface area contributed by atoms with Crippen LogP contribution in [0, 0.1) is 0 Å². The molecule has 6 nitrogen and oxygen atoms in total. The van der Waals surface area contributed by atoms with E-state index in [1.165, 1.54) is 23.8 Å². The molecule has 2 rings (SSSR count). The quantitative estimate of drug-likeness (QED) is 0.842. The first-order valence-electron chi connectivity index (χ1n) is 6.38. The van der Waals surface area contributed by atoms with E-state index in [0.29, 0.717) is 12.2 Å². The summed E-state index contributed by atoms with van der Waals surface area (Å²) >= 11 is 0. The number of carboxylic acids is 1. The minimum atomic E-state index is -0.995. The first-order chi connectivity index (χ1) is 8.99. The summed E-state index contributed by atoms with van der Waals surface area (Å²) in [6.45, 7) is 3.97. The highest BCUT2D eigenvalue weighted by Gasteiger charge is 2.20. The number of hydrogen-bond donors (Lipinski definition) is 2. The van der Waals surface area contributed by atoms with Crippen LogP contribution in [0.2, 0.25) is 0 Å². The largest absolute Gasteiger partial charge is 0.503 e. The van der Waals surface area contributed by atoms with Crippen LogP contribution in [0.15, 0.2) is 17.1 Å². The first kappa shape index (κ1) is 13.6. The van der Waals surface area contributed by atoms with Gasteiger partial charge in [0.2, 0.25) is 5.43 Å². The van der Waals surface area contributed by atoms with Gasteiger partial charge in [-0.2, -0.15) is 0 Å². The monoisotopic (exact) mass is 266 g/mol. The highest BCUT2D eigenvalue weighted by Crippen LogP contribution is 2.17. The van der Waals surface area contributed by atoms with E-state index in [1.54, 1.807) is 0 Å². The molecular formula is C13H18N2O4. The van der Waals surface area contributed by atoms with Gasteiger partial charge in [0.15, 0.2) is 5.75 Å². The molecule has 0 bridgehead atoms. The van der Waals surface area contributed by atoms with Gasteiger partial charge in [0, 0.05) is 18.3 Å². The van der Waals surface area contributed by atoms with Gasteiger partial charge in [0.25, 0.3) is 0 Å². The number of nitrogens with zero attached hydrogens (tertiary/aromatic N) is 2. The lowest BCUT2D eigenvalue weighted by Gasteiger charge is -2.21. The standard InChI is InChI=1S/C13H18N2O4/c1-9(13(18)19)15-8-12(17)11(16)6-10(15)7-14-4-2-3-5-14/h6,8-9,17H,2-5,7H2,1H3,(H,18,19). The van der Waals surface area contributed by atoms with Crippen LogP contribution in [0.1, 0.15) is 31.5 Å². The van der Waals surface area contributed by atoms with E-state index in [4.69, 9.17) is 5.11 Å². The normalized spacial score (nSPS) is 17.5. The van der Waals surface area contributed by atoms with Gasteiger partial charge < -0.3 is 14.8 Å². The second-order valence-electron chi connectivity index (χ2n) is 4.92. The molecule has 1 aliphatic heterocycles. The topological polar surface area (TPSA) is 82.8 Å². The summed E-state index contributed by atoms with van der Waals surface area (Å²) in [5, 5.41) is 18.6. The Morgan fingerprint density at radius 2 is 2.05 bits per heavy atom. The van der Waals surface area contributed by atoms with Crippen molar-refractivity contribution in [3.05, 3.63) is 28.2 Å². The van der Waals surface area contributed by atoms with Gasteiger partial charge in [0.05, 0.1) is 6.20 Å². The van der Waals surface area contributed by atoms with E-state index >= 15 is 0 Å². The summed E-state index contributed by atoms with van der Waals surface area (Å²) in [5.41, 5.74) is 0.155. The predicted molar refractivity (Wildman–Crippen MR) is 69.2 cm³/mol. The Morgan fingerprint density at radius 1 is 1.42 bits per heavy atom. The van der Waals surface area contributed by atoms with Gasteiger partial charge in [-0.15, -0.1) is 0 Å². The van der Waals surface area contributed by atoms with Crippen molar-refractivity contribution in [2.75, 3.05) is 13.1 Å². The molecule has 0 aliphatic carbocycles. The Labute approximate surface area is 110 Å². The lowest BCUT2D eigenvalue weighted by molar-refractivity contribution is -0.140. The molecule has 1 atom stereocenters. The van der Waals surface area contributed by atoms with Crippen LogP contribution >= 0.6 is 0 Å². The molecule has 1 aromatic rings. The molecule has 6 heteroatoms. The SMILES string of the molecule is CC(C(=O)O)n1cc(O)c(=O)cc1CN1CCCC1. The van der Waals surface area contributed by atoms with E-state index in [9.17, 15) is 14.7 Å². The van der Waals surface area contributed by atoms with Crippen molar-refractivity contribution >= 4 is 5.97 Å². The number of rotatable bonds is 4. The number of likely N-dealkylation sites (tertiary alicyclic amines) is 1. The summed E-state index contributed by atoms with van der Waals surface area (Å²) in [4.78, 5) is 24.8. The molecule has 1 aliphatic rings. The van der Waals surface area contributed by atoms with E-state index in [0.717, 1.165) is 25.9 Å². The second kappa shape index (κ2) is 5.44. The zero-order chi connectivity index (χ0) is 14.0. The predicted octanol–water partition coefficient (Wildman–Crippen LogP) is 0.795. The number of aliphatic carboxylic acids is 1. The fourth-order valence-corrected chi connectivity index (χ4v) is 2.35. The molecule has 0 aromatic carbocycles. The molecule has 0 saturated carbocycles. The van der Waals surface area contributed by atoms with Crippen LogP contribution in [-0.2, 0) is 11.3 Å². The number of carbonyl (C=O) groups is 1. The molecule has 1 unspecified atom stereocenters. The molecule has 0 amide bonds. The van der Waals surface area contributed by atoms with E-state index in [1.807, 2.05) is 0 Å². The minimum Gasteiger partial charge on any atom is -0.503 e. The number of hydrogen-bond acceptors (Lipinski definition) is 4. The van der Waals surface area contributed by atoms with Gasteiger partial charge in [0.1, 0.15) is 6.04 Å². The van der Waals surface area contributed by atoms with Gasteiger partial charge in [-0.1, -0.05) is 0 Å². The molecular weight excluding hydrogens is 248 g/mol. The summed E-state index contributed by atoms with van der Waals surface area (Å²) in [6.07, 6.45) is 3.46. The van der Waals surface area contributed by atoms with E-state index in [2.05, 4.69) is 4.90 Å². The Hall–Kier alpha value is -1.82. The first-order valence-corrected chi connectivity index (χ1v) is 6.38. The lowest BCUT2D eigenvalue weighted by atomic mass is 10.2. The molecule has 0 radical (unpaired) electrons. The van der Waals surface area contributed by atoms with Crippen molar-refractivity contribution in [1.29, 1.82) is 0 Å². The lowest BCUT2D eigenvalue weighted by Crippen LogP contribution is -2.26. The molecule has 104 valence electrons. The number of aromatic hydroxyl groups is 1. The Morgan fingerprint density at radius 3 is 2.63 bits per heavy atom. The minimum absolute atomic E-state index is 0.418. The molecule has 2 N–H and O–H groups in total. The maximum absolute atomic E-state index is 11.5. The van der Waals surface area contributed by atoms with Gasteiger partial charge in [-0.05, 0) is 32.9 Å². The Balaban J connectivity index is 2.35. The summed E-state index contributed by atoms with van der Waals surface area (Å²) in [7, 11) is 0. The summed E-state index contributed by atoms with van der Waals surface area (Å²) in [5.74, 6) is -1.41. The van der Waals surface area contributed by atoms with Crippen molar-refractivity contribution in [3.63, 3.8) is 0 Å². The van der Waals surface area contributed by atoms with Crippen LogP contribution in [0.25, 0.3) is 0 Å². The number of pyridine rings is 1.